The van der Waals surface area contributed by atoms with Gasteiger partial charge in [0.1, 0.15) is 0 Å². The molecule has 20 heavy (non-hydrogen) atoms. The van der Waals surface area contributed by atoms with Crippen molar-refractivity contribution in [3.8, 4) is 0 Å². The molecule has 6 nitrogen and oxygen atoms in total. The number of carboxylic acids is 1. The Balaban J connectivity index is 2.86. The van der Waals surface area contributed by atoms with Gasteiger partial charge in [0.05, 0.1) is 0 Å². The van der Waals surface area contributed by atoms with Crippen LogP contribution in [0.15, 0.2) is 30.3 Å². The standard InChI is InChI=1S/C13H18N2O4S/c1-3-14-20(18,19)15-10(2)12-6-4-5-11(9-12)7-8-13(16)17/h4-10,14-15H,3H2,1-2H3,(H,16,17)/b8-7+. The minimum Gasteiger partial charge on any atom is -0.478 e. The second-order valence-electron chi connectivity index (χ2n) is 4.18. The van der Waals surface area contributed by atoms with E-state index in [2.05, 4.69) is 9.44 Å². The lowest BCUT2D eigenvalue weighted by Crippen LogP contribution is -2.37. The van der Waals surface area contributed by atoms with Gasteiger partial charge in [-0.05, 0) is 24.1 Å². The lowest BCUT2D eigenvalue weighted by Gasteiger charge is -2.15. The maximum Gasteiger partial charge on any atom is 0.328 e. The smallest absolute Gasteiger partial charge is 0.328 e. The molecule has 0 radical (unpaired) electrons. The first-order valence-electron chi connectivity index (χ1n) is 6.12. The molecule has 0 saturated heterocycles. The van der Waals surface area contributed by atoms with Crippen molar-refractivity contribution in [1.29, 1.82) is 0 Å². The number of carbonyl (C=O) groups is 1. The van der Waals surface area contributed by atoms with E-state index in [1.165, 1.54) is 6.08 Å². The van der Waals surface area contributed by atoms with Gasteiger partial charge in [-0.3, -0.25) is 0 Å². The third-order valence-electron chi connectivity index (χ3n) is 2.50. The Kier molecular flexibility index (Phi) is 5.87. The SMILES string of the molecule is CCNS(=O)(=O)NC(C)c1cccc(/C=C/C(=O)O)c1. The summed E-state index contributed by atoms with van der Waals surface area (Å²) in [5.74, 6) is -1.03. The fourth-order valence-corrected chi connectivity index (χ4v) is 2.70. The predicted octanol–water partition coefficient (Wildman–Crippen LogP) is 1.29. The van der Waals surface area contributed by atoms with Crippen LogP contribution >= 0.6 is 0 Å². The van der Waals surface area contributed by atoms with E-state index in [1.807, 2.05) is 0 Å². The molecule has 0 fully saturated rings. The molecule has 0 aromatic heterocycles. The van der Waals surface area contributed by atoms with Gasteiger partial charge in [-0.15, -0.1) is 0 Å². The summed E-state index contributed by atoms with van der Waals surface area (Å²) in [7, 11) is -3.53. The lowest BCUT2D eigenvalue weighted by molar-refractivity contribution is -0.131. The average molecular weight is 298 g/mol. The Morgan fingerprint density at radius 3 is 2.75 bits per heavy atom. The third kappa shape index (κ3) is 5.52. The minimum atomic E-state index is -3.53. The monoisotopic (exact) mass is 298 g/mol. The quantitative estimate of drug-likeness (QED) is 0.661. The summed E-state index contributed by atoms with van der Waals surface area (Å²) in [5.41, 5.74) is 1.44. The highest BCUT2D eigenvalue weighted by Crippen LogP contribution is 2.15. The maximum absolute atomic E-state index is 11.6. The summed E-state index contributed by atoms with van der Waals surface area (Å²) in [6.07, 6.45) is 2.49. The highest BCUT2D eigenvalue weighted by Gasteiger charge is 2.14. The van der Waals surface area contributed by atoms with E-state index in [9.17, 15) is 13.2 Å². The summed E-state index contributed by atoms with van der Waals surface area (Å²) < 4.78 is 28.0. The average Bonchev–Trinajstić information content (AvgIpc) is 2.36. The van der Waals surface area contributed by atoms with Crippen LogP contribution in [0, 0.1) is 0 Å². The number of aliphatic carboxylic acids is 1. The van der Waals surface area contributed by atoms with E-state index in [0.717, 1.165) is 11.6 Å². The first-order chi connectivity index (χ1) is 9.34. The lowest BCUT2D eigenvalue weighted by atomic mass is 10.1. The second-order valence-corrected chi connectivity index (χ2v) is 5.71. The van der Waals surface area contributed by atoms with Crippen LogP contribution in [0.4, 0.5) is 0 Å². The van der Waals surface area contributed by atoms with Crippen LogP contribution < -0.4 is 9.44 Å². The fraction of sp³-hybridized carbons (Fsp3) is 0.308. The van der Waals surface area contributed by atoms with E-state index in [-0.39, 0.29) is 0 Å². The van der Waals surface area contributed by atoms with Crippen molar-refractivity contribution in [2.75, 3.05) is 6.54 Å². The van der Waals surface area contributed by atoms with Crippen LogP contribution in [-0.4, -0.2) is 26.0 Å². The molecular formula is C13H18N2O4S. The van der Waals surface area contributed by atoms with Crippen LogP contribution in [0.25, 0.3) is 6.08 Å². The van der Waals surface area contributed by atoms with E-state index >= 15 is 0 Å². The van der Waals surface area contributed by atoms with Gasteiger partial charge in [-0.25, -0.2) is 9.52 Å². The van der Waals surface area contributed by atoms with Gasteiger partial charge in [0.25, 0.3) is 10.2 Å². The zero-order valence-electron chi connectivity index (χ0n) is 11.3. The summed E-state index contributed by atoms with van der Waals surface area (Å²) in [6.45, 7) is 3.72. The number of benzene rings is 1. The Morgan fingerprint density at radius 1 is 1.45 bits per heavy atom. The molecule has 0 heterocycles. The molecule has 0 bridgehead atoms. The van der Waals surface area contributed by atoms with Crippen LogP contribution in [-0.2, 0) is 15.0 Å². The van der Waals surface area contributed by atoms with Crippen molar-refractivity contribution >= 4 is 22.3 Å². The molecule has 110 valence electrons. The van der Waals surface area contributed by atoms with Crippen molar-refractivity contribution in [1.82, 2.24) is 9.44 Å². The molecule has 1 unspecified atom stereocenters. The summed E-state index contributed by atoms with van der Waals surface area (Å²) in [5, 5.41) is 8.58. The first-order valence-corrected chi connectivity index (χ1v) is 7.60. The Hall–Kier alpha value is -1.70. The van der Waals surface area contributed by atoms with Gasteiger partial charge in [0.2, 0.25) is 0 Å². The summed E-state index contributed by atoms with van der Waals surface area (Å²) >= 11 is 0. The molecule has 0 aliphatic heterocycles. The van der Waals surface area contributed by atoms with Crippen molar-refractivity contribution < 1.29 is 18.3 Å². The van der Waals surface area contributed by atoms with Crippen molar-refractivity contribution in [2.24, 2.45) is 0 Å². The Morgan fingerprint density at radius 2 is 2.15 bits per heavy atom. The maximum atomic E-state index is 11.6. The number of carboxylic acid groups (broad SMARTS) is 1. The van der Waals surface area contributed by atoms with Crippen LogP contribution in [0.1, 0.15) is 31.0 Å². The predicted molar refractivity (Wildman–Crippen MR) is 77.3 cm³/mol. The summed E-state index contributed by atoms with van der Waals surface area (Å²) in [4.78, 5) is 10.5. The zero-order valence-corrected chi connectivity index (χ0v) is 12.1. The molecule has 1 atom stereocenters. The normalized spacial score (nSPS) is 13.5. The molecular weight excluding hydrogens is 280 g/mol. The Bertz CT molecular complexity index is 596. The molecule has 0 spiro atoms. The highest BCUT2D eigenvalue weighted by molar-refractivity contribution is 7.87. The first kappa shape index (κ1) is 16.4. The van der Waals surface area contributed by atoms with Crippen LogP contribution in [0.5, 0.6) is 0 Å². The molecule has 0 amide bonds. The van der Waals surface area contributed by atoms with E-state index < -0.39 is 22.2 Å². The van der Waals surface area contributed by atoms with Gasteiger partial charge in [-0.1, -0.05) is 31.2 Å². The van der Waals surface area contributed by atoms with Crippen LogP contribution in [0.3, 0.4) is 0 Å². The van der Waals surface area contributed by atoms with Gasteiger partial charge in [-0.2, -0.15) is 13.1 Å². The molecule has 7 heteroatoms. The molecule has 1 aromatic rings. The third-order valence-corrected chi connectivity index (χ3v) is 3.83. The number of hydrogen-bond donors (Lipinski definition) is 3. The molecule has 3 N–H and O–H groups in total. The van der Waals surface area contributed by atoms with E-state index in [1.54, 1.807) is 38.1 Å². The molecule has 1 rings (SSSR count). The van der Waals surface area contributed by atoms with Gasteiger partial charge in [0.15, 0.2) is 0 Å². The molecule has 0 aliphatic rings. The van der Waals surface area contributed by atoms with E-state index in [0.29, 0.717) is 12.1 Å². The molecule has 1 aromatic carbocycles. The topological polar surface area (TPSA) is 95.5 Å². The van der Waals surface area contributed by atoms with Gasteiger partial charge >= 0.3 is 5.97 Å². The number of nitrogens with one attached hydrogen (secondary N) is 2. The van der Waals surface area contributed by atoms with Crippen molar-refractivity contribution in [3.05, 3.63) is 41.5 Å². The van der Waals surface area contributed by atoms with Gasteiger partial charge < -0.3 is 5.11 Å². The van der Waals surface area contributed by atoms with Gasteiger partial charge in [0, 0.05) is 18.7 Å². The summed E-state index contributed by atoms with van der Waals surface area (Å²) in [6, 6.07) is 6.58. The van der Waals surface area contributed by atoms with Crippen molar-refractivity contribution in [2.45, 2.75) is 19.9 Å². The Labute approximate surface area is 118 Å². The minimum absolute atomic E-state index is 0.309. The van der Waals surface area contributed by atoms with Crippen LogP contribution in [0.2, 0.25) is 0 Å². The zero-order chi connectivity index (χ0) is 15.2. The largest absolute Gasteiger partial charge is 0.478 e. The number of rotatable bonds is 7. The molecule has 0 aliphatic carbocycles. The van der Waals surface area contributed by atoms with E-state index in [4.69, 9.17) is 5.11 Å². The highest BCUT2D eigenvalue weighted by atomic mass is 32.2. The fourth-order valence-electron chi connectivity index (χ4n) is 1.63. The second kappa shape index (κ2) is 7.18. The van der Waals surface area contributed by atoms with Crippen molar-refractivity contribution in [3.63, 3.8) is 0 Å². The number of hydrogen-bond acceptors (Lipinski definition) is 3. The molecule has 0 saturated carbocycles.